The van der Waals surface area contributed by atoms with Crippen LogP contribution < -0.4 is 0 Å². The van der Waals surface area contributed by atoms with Crippen LogP contribution in [-0.4, -0.2) is 10.8 Å². The van der Waals surface area contributed by atoms with Crippen molar-refractivity contribution in [1.29, 1.82) is 0 Å². The van der Waals surface area contributed by atoms with Gasteiger partial charge in [-0.15, -0.1) is 11.3 Å². The Morgan fingerprint density at radius 2 is 2.18 bits per heavy atom. The molecule has 0 N–H and O–H groups in total. The molecule has 1 aromatic heterocycles. The number of ketones is 1. The zero-order chi connectivity index (χ0) is 12.6. The fourth-order valence-corrected chi connectivity index (χ4v) is 3.32. The molecule has 0 saturated heterocycles. The third kappa shape index (κ3) is 2.59. The molecule has 2 rings (SSSR count). The molecule has 0 aliphatic carbocycles. The molecule has 1 heterocycles. The third-order valence-electron chi connectivity index (χ3n) is 2.28. The largest absolute Gasteiger partial charge is 0.294 e. The molecule has 0 spiro atoms. The van der Waals surface area contributed by atoms with Gasteiger partial charge in [0, 0.05) is 17.0 Å². The van der Waals surface area contributed by atoms with E-state index in [9.17, 15) is 4.79 Å². The first-order valence-electron chi connectivity index (χ1n) is 4.93. The van der Waals surface area contributed by atoms with E-state index in [1.165, 1.54) is 11.3 Å². The predicted octanol–water partition coefficient (Wildman–Crippen LogP) is 4.74. The van der Waals surface area contributed by atoms with Gasteiger partial charge in [-0.05, 0) is 25.1 Å². The maximum atomic E-state index is 11.4. The highest BCUT2D eigenvalue weighted by Gasteiger charge is 2.14. The molecule has 17 heavy (non-hydrogen) atoms. The van der Waals surface area contributed by atoms with E-state index in [1.807, 2.05) is 25.1 Å². The van der Waals surface area contributed by atoms with Gasteiger partial charge >= 0.3 is 0 Å². The predicted molar refractivity (Wildman–Crippen MR) is 75.0 cm³/mol. The van der Waals surface area contributed by atoms with Crippen molar-refractivity contribution in [2.45, 2.75) is 13.8 Å². The zero-order valence-electron chi connectivity index (χ0n) is 9.25. The molecule has 1 aromatic carbocycles. The second kappa shape index (κ2) is 4.88. The average Bonchev–Trinajstić information content (AvgIpc) is 2.60. The van der Waals surface area contributed by atoms with Gasteiger partial charge in [0.1, 0.15) is 5.01 Å². The molecule has 0 atom stereocenters. The minimum absolute atomic E-state index is 0.0412. The molecule has 5 heteroatoms. The lowest BCUT2D eigenvalue weighted by Gasteiger charge is -2.00. The van der Waals surface area contributed by atoms with Gasteiger partial charge in [0.15, 0.2) is 5.78 Å². The molecule has 0 bridgehead atoms. The number of benzene rings is 1. The van der Waals surface area contributed by atoms with E-state index in [-0.39, 0.29) is 5.78 Å². The summed E-state index contributed by atoms with van der Waals surface area (Å²) in [4.78, 5) is 16.5. The van der Waals surface area contributed by atoms with Crippen molar-refractivity contribution in [2.75, 3.05) is 0 Å². The number of aromatic nitrogens is 1. The maximum absolute atomic E-state index is 11.4. The van der Waals surface area contributed by atoms with Crippen LogP contribution in [0.15, 0.2) is 22.7 Å². The van der Waals surface area contributed by atoms with Gasteiger partial charge in [0.25, 0.3) is 0 Å². The lowest BCUT2D eigenvalue weighted by atomic mass is 10.2. The first kappa shape index (κ1) is 12.7. The van der Waals surface area contributed by atoms with E-state index in [4.69, 9.17) is 11.6 Å². The Labute approximate surface area is 117 Å². The van der Waals surface area contributed by atoms with Crippen LogP contribution in [0.5, 0.6) is 0 Å². The molecular formula is C12H9BrClNOS. The number of carbonyl (C=O) groups is 1. The van der Waals surface area contributed by atoms with Crippen molar-refractivity contribution in [2.24, 2.45) is 0 Å². The number of Topliss-reactive ketones (excluding diaryl/α,β-unsaturated/α-hetero) is 1. The number of rotatable bonds is 2. The number of hydrogen-bond donors (Lipinski definition) is 0. The Kier molecular flexibility index (Phi) is 3.66. The molecule has 0 saturated carbocycles. The topological polar surface area (TPSA) is 30.0 Å². The van der Waals surface area contributed by atoms with Crippen LogP contribution in [0.3, 0.4) is 0 Å². The number of thiazole rings is 1. The van der Waals surface area contributed by atoms with Crippen molar-refractivity contribution in [1.82, 2.24) is 4.98 Å². The molecule has 0 fully saturated rings. The number of carbonyl (C=O) groups excluding carboxylic acids is 1. The number of hydrogen-bond acceptors (Lipinski definition) is 3. The minimum Gasteiger partial charge on any atom is -0.294 e. The number of halogens is 2. The Bertz CT molecular complexity index is 594. The van der Waals surface area contributed by atoms with Crippen molar-refractivity contribution in [3.05, 3.63) is 38.3 Å². The normalized spacial score (nSPS) is 10.6. The second-order valence-electron chi connectivity index (χ2n) is 3.61. The van der Waals surface area contributed by atoms with Crippen LogP contribution in [0.1, 0.15) is 22.3 Å². The highest BCUT2D eigenvalue weighted by Crippen LogP contribution is 2.34. The Morgan fingerprint density at radius 3 is 2.71 bits per heavy atom. The zero-order valence-corrected chi connectivity index (χ0v) is 12.4. The van der Waals surface area contributed by atoms with Crippen molar-refractivity contribution < 1.29 is 4.79 Å². The highest BCUT2D eigenvalue weighted by molar-refractivity contribution is 9.10. The summed E-state index contributed by atoms with van der Waals surface area (Å²) in [6.07, 6.45) is 0. The summed E-state index contributed by atoms with van der Waals surface area (Å²) >= 11 is 10.9. The van der Waals surface area contributed by atoms with Gasteiger partial charge < -0.3 is 0 Å². The van der Waals surface area contributed by atoms with Crippen LogP contribution in [-0.2, 0) is 0 Å². The summed E-state index contributed by atoms with van der Waals surface area (Å²) in [7, 11) is 0. The molecule has 0 aliphatic heterocycles. The van der Waals surface area contributed by atoms with Gasteiger partial charge in [-0.2, -0.15) is 0 Å². The second-order valence-corrected chi connectivity index (χ2v) is 5.94. The molecular weight excluding hydrogens is 322 g/mol. The van der Waals surface area contributed by atoms with Crippen LogP contribution in [0, 0.1) is 6.92 Å². The van der Waals surface area contributed by atoms with Gasteiger partial charge in [-0.25, -0.2) is 4.98 Å². The molecule has 0 amide bonds. The molecule has 2 nitrogen and oxygen atoms in total. The molecule has 0 aliphatic rings. The van der Waals surface area contributed by atoms with Crippen molar-refractivity contribution in [3.8, 4) is 10.6 Å². The molecule has 2 aromatic rings. The Morgan fingerprint density at radius 1 is 1.47 bits per heavy atom. The van der Waals surface area contributed by atoms with Crippen LogP contribution in [0.25, 0.3) is 10.6 Å². The van der Waals surface area contributed by atoms with Gasteiger partial charge in [-0.3, -0.25) is 4.79 Å². The molecule has 88 valence electrons. The van der Waals surface area contributed by atoms with E-state index < -0.39 is 0 Å². The fourth-order valence-electron chi connectivity index (χ4n) is 1.50. The summed E-state index contributed by atoms with van der Waals surface area (Å²) in [6.45, 7) is 3.39. The molecule has 0 radical (unpaired) electrons. The van der Waals surface area contributed by atoms with Crippen molar-refractivity contribution >= 4 is 44.7 Å². The maximum Gasteiger partial charge on any atom is 0.171 e. The number of aryl methyl sites for hydroxylation is 1. The number of nitrogens with zero attached hydrogens (tertiary/aromatic N) is 1. The van der Waals surface area contributed by atoms with Crippen LogP contribution in [0.2, 0.25) is 5.02 Å². The summed E-state index contributed by atoms with van der Waals surface area (Å²) < 4.78 is 0.923. The minimum atomic E-state index is 0.0412. The van der Waals surface area contributed by atoms with E-state index in [1.54, 1.807) is 6.92 Å². The standard InChI is InChI=1S/C12H9BrClNOS/c1-6-11(7(2)16)17-12(15-6)9-4-3-8(13)5-10(9)14/h3-5H,1-2H3. The van der Waals surface area contributed by atoms with E-state index in [2.05, 4.69) is 20.9 Å². The Balaban J connectivity index is 2.53. The highest BCUT2D eigenvalue weighted by atomic mass is 79.9. The quantitative estimate of drug-likeness (QED) is 0.745. The summed E-state index contributed by atoms with van der Waals surface area (Å²) in [6, 6.07) is 5.63. The average molecular weight is 331 g/mol. The van der Waals surface area contributed by atoms with Crippen LogP contribution in [0.4, 0.5) is 0 Å². The smallest absolute Gasteiger partial charge is 0.171 e. The van der Waals surface area contributed by atoms with Crippen LogP contribution >= 0.6 is 38.9 Å². The summed E-state index contributed by atoms with van der Waals surface area (Å²) in [5, 5.41) is 1.41. The first-order valence-corrected chi connectivity index (χ1v) is 6.91. The van der Waals surface area contributed by atoms with Gasteiger partial charge in [0.2, 0.25) is 0 Å². The van der Waals surface area contributed by atoms with Crippen molar-refractivity contribution in [3.63, 3.8) is 0 Å². The van der Waals surface area contributed by atoms with Gasteiger partial charge in [0.05, 0.1) is 15.6 Å². The third-order valence-corrected chi connectivity index (χ3v) is 4.38. The molecule has 0 unspecified atom stereocenters. The van der Waals surface area contributed by atoms with E-state index in [0.717, 1.165) is 20.7 Å². The lowest BCUT2D eigenvalue weighted by molar-refractivity contribution is 0.102. The summed E-state index contributed by atoms with van der Waals surface area (Å²) in [5.41, 5.74) is 1.62. The first-order chi connectivity index (χ1) is 7.99. The monoisotopic (exact) mass is 329 g/mol. The lowest BCUT2D eigenvalue weighted by Crippen LogP contribution is -1.89. The summed E-state index contributed by atoms with van der Waals surface area (Å²) in [5.74, 6) is 0.0412. The van der Waals surface area contributed by atoms with Gasteiger partial charge in [-0.1, -0.05) is 27.5 Å². The van der Waals surface area contributed by atoms with E-state index >= 15 is 0 Å². The van der Waals surface area contributed by atoms with E-state index in [0.29, 0.717) is 9.90 Å². The fraction of sp³-hybridized carbons (Fsp3) is 0.167. The SMILES string of the molecule is CC(=O)c1sc(-c2ccc(Br)cc2Cl)nc1C. The Hall–Kier alpha value is -0.710.